The topological polar surface area (TPSA) is 100 Å². The maximum Gasteiger partial charge on any atom is 0.330 e. The number of carbonyl (C=O) groups excluding carboxylic acids is 1. The molecule has 0 saturated carbocycles. The third-order valence-electron chi connectivity index (χ3n) is 5.46. The molecule has 0 saturated heterocycles. The number of Topliss-reactive ketones (excluding diaryl/α,β-unsaturated/α-hetero) is 1. The number of benzene rings is 2. The minimum absolute atomic E-state index is 0.0856. The van der Waals surface area contributed by atoms with Gasteiger partial charge in [-0.2, -0.15) is 0 Å². The Kier molecular flexibility index (Phi) is 8.12. The van der Waals surface area contributed by atoms with Crippen molar-refractivity contribution in [3.8, 4) is 11.3 Å². The van der Waals surface area contributed by atoms with Gasteiger partial charge in [0.25, 0.3) is 0 Å². The van der Waals surface area contributed by atoms with Crippen LogP contribution in [0.3, 0.4) is 0 Å². The molecule has 0 bridgehead atoms. The second kappa shape index (κ2) is 12.0. The first kappa shape index (κ1) is 25.7. The molecule has 0 aliphatic rings. The zero-order valence-electron chi connectivity index (χ0n) is 20.0. The highest BCUT2D eigenvalue weighted by Gasteiger charge is 2.09. The molecule has 0 aliphatic carbocycles. The lowest BCUT2D eigenvalue weighted by Gasteiger charge is -1.93. The van der Waals surface area contributed by atoms with Crippen molar-refractivity contribution in [3.05, 3.63) is 109 Å². The summed E-state index contributed by atoms with van der Waals surface area (Å²) >= 11 is 6.37. The summed E-state index contributed by atoms with van der Waals surface area (Å²) in [7, 11) is 0. The van der Waals surface area contributed by atoms with Gasteiger partial charge >= 0.3 is 5.13 Å². The first-order chi connectivity index (χ1) is 18.6. The highest BCUT2D eigenvalue weighted by Crippen LogP contribution is 2.28. The quantitative estimate of drug-likeness (QED) is 0.182. The number of aromatic nitrogens is 5. The fourth-order valence-corrected chi connectivity index (χ4v) is 5.77. The molecule has 0 radical (unpaired) electrons. The summed E-state index contributed by atoms with van der Waals surface area (Å²) in [6, 6.07) is 23.8. The number of nitrogens with two attached hydrogens (primary N) is 1. The Morgan fingerprint density at radius 3 is 2.24 bits per heavy atom. The number of nitrogen functional groups attached to an aromatic ring is 1. The standard InChI is InChI=1S/C14H9N3S.C7H6BrNO.C7H6N2S/c1-2-4-13-12(3-1)17-9-11(16-14(17)18-13)10-5-7-15-8-6-10;8-5-7(10)6-1-3-9-4-2-6;8-7-9-5-3-1-2-4-6(5)10-7/h1-9H;1-4H,5H2;1-4H,(H2,8,9)/p+1. The van der Waals surface area contributed by atoms with E-state index in [0.29, 0.717) is 10.9 Å². The highest BCUT2D eigenvalue weighted by molar-refractivity contribution is 9.09. The van der Waals surface area contributed by atoms with E-state index in [1.165, 1.54) is 14.9 Å². The molecule has 10 heteroatoms. The summed E-state index contributed by atoms with van der Waals surface area (Å²) in [5, 5.41) is 1.14. The summed E-state index contributed by atoms with van der Waals surface area (Å²) in [6.45, 7) is 0. The number of thiazole rings is 2. The van der Waals surface area contributed by atoms with Crippen LogP contribution in [0.5, 0.6) is 0 Å². The molecule has 0 aliphatic heterocycles. The number of fused-ring (bicyclic) bond motifs is 4. The van der Waals surface area contributed by atoms with Crippen LogP contribution < -0.4 is 10.7 Å². The molecular weight excluding hydrogens is 580 g/mol. The van der Waals surface area contributed by atoms with Gasteiger partial charge < -0.3 is 0 Å². The van der Waals surface area contributed by atoms with Crippen LogP contribution in [-0.2, 0) is 0 Å². The number of para-hydroxylation sites is 2. The second-order valence-corrected chi connectivity index (χ2v) is 10.6. The number of hydrogen-bond acceptors (Lipinski definition) is 7. The second-order valence-electron chi connectivity index (χ2n) is 7.96. The largest absolute Gasteiger partial charge is 0.330 e. The van der Waals surface area contributed by atoms with Gasteiger partial charge in [0.2, 0.25) is 0 Å². The summed E-state index contributed by atoms with van der Waals surface area (Å²) in [5.41, 5.74) is 10.7. The minimum Gasteiger partial charge on any atom is -0.293 e. The molecule has 2 aromatic carbocycles. The zero-order valence-corrected chi connectivity index (χ0v) is 23.2. The van der Waals surface area contributed by atoms with Crippen LogP contribution in [0.2, 0.25) is 0 Å². The van der Waals surface area contributed by atoms with Gasteiger partial charge in [0, 0.05) is 42.1 Å². The Morgan fingerprint density at radius 1 is 0.868 bits per heavy atom. The Bertz CT molecular complexity index is 1760. The van der Waals surface area contributed by atoms with Crippen LogP contribution in [0, 0.1) is 0 Å². The van der Waals surface area contributed by atoms with Crippen molar-refractivity contribution in [2.45, 2.75) is 0 Å². The maximum absolute atomic E-state index is 10.9. The van der Waals surface area contributed by atoms with Crippen LogP contribution >= 0.6 is 38.6 Å². The lowest BCUT2D eigenvalue weighted by Crippen LogP contribution is -2.03. The molecular formula is C28H22BrN6OS2+. The van der Waals surface area contributed by atoms with Crippen molar-refractivity contribution in [1.82, 2.24) is 19.4 Å². The van der Waals surface area contributed by atoms with Crippen LogP contribution in [-0.4, -0.2) is 30.5 Å². The number of anilines is 1. The molecule has 188 valence electrons. The predicted molar refractivity (Wildman–Crippen MR) is 159 cm³/mol. The van der Waals surface area contributed by atoms with Crippen LogP contribution in [0.15, 0.2) is 104 Å². The number of alkyl halides is 1. The van der Waals surface area contributed by atoms with Gasteiger partial charge in [0.15, 0.2) is 10.7 Å². The van der Waals surface area contributed by atoms with E-state index in [2.05, 4.69) is 70.7 Å². The third-order valence-corrected chi connectivity index (χ3v) is 7.91. The van der Waals surface area contributed by atoms with Gasteiger partial charge in [0.1, 0.15) is 5.52 Å². The van der Waals surface area contributed by atoms with E-state index in [4.69, 9.17) is 5.73 Å². The smallest absolute Gasteiger partial charge is 0.293 e. The first-order valence-corrected chi connectivity index (χ1v) is 14.3. The average molecular weight is 603 g/mol. The summed E-state index contributed by atoms with van der Waals surface area (Å²) in [6.07, 6.45) is 8.89. The number of pyridine rings is 2. The molecule has 7 aromatic rings. The van der Waals surface area contributed by atoms with Gasteiger partial charge in [0.05, 0.1) is 25.9 Å². The van der Waals surface area contributed by atoms with Gasteiger partial charge in [-0.3, -0.25) is 24.9 Å². The zero-order chi connectivity index (χ0) is 26.3. The Morgan fingerprint density at radius 2 is 1.53 bits per heavy atom. The number of nitrogens with one attached hydrogen (secondary N) is 1. The van der Waals surface area contributed by atoms with Crippen molar-refractivity contribution in [3.63, 3.8) is 0 Å². The number of aromatic amines is 1. The minimum atomic E-state index is 0.0856. The van der Waals surface area contributed by atoms with Crippen molar-refractivity contribution in [2.24, 2.45) is 0 Å². The summed E-state index contributed by atoms with van der Waals surface area (Å²) in [4.78, 5) is 27.5. The SMILES string of the molecule is Nc1[nH+]c2ccccc2s1.O=C(CBr)c1ccncc1.c1ccc2c(c1)sc1nc(-c3ccncc3)cn12. The fraction of sp³-hybridized carbons (Fsp3) is 0.0357. The Balaban J connectivity index is 0.000000126. The van der Waals surface area contributed by atoms with E-state index in [1.54, 1.807) is 59.6 Å². The van der Waals surface area contributed by atoms with E-state index in [-0.39, 0.29) is 5.78 Å². The van der Waals surface area contributed by atoms with Gasteiger partial charge in [-0.1, -0.05) is 51.5 Å². The third kappa shape index (κ3) is 5.94. The number of hydrogen-bond donors (Lipinski definition) is 1. The molecule has 7 nitrogen and oxygen atoms in total. The normalized spacial score (nSPS) is 10.6. The van der Waals surface area contributed by atoms with Crippen LogP contribution in [0.1, 0.15) is 10.4 Å². The number of halogens is 1. The predicted octanol–water partition coefficient (Wildman–Crippen LogP) is 6.57. The van der Waals surface area contributed by atoms with E-state index in [0.717, 1.165) is 26.9 Å². The lowest BCUT2D eigenvalue weighted by molar-refractivity contribution is -0.320. The number of imidazole rings is 1. The lowest BCUT2D eigenvalue weighted by atomic mass is 10.2. The van der Waals surface area contributed by atoms with Gasteiger partial charge in [-0.25, -0.2) is 9.97 Å². The van der Waals surface area contributed by atoms with E-state index >= 15 is 0 Å². The molecule has 0 atom stereocenters. The van der Waals surface area contributed by atoms with Crippen molar-refractivity contribution < 1.29 is 9.78 Å². The average Bonchev–Trinajstić information content (AvgIpc) is 3.66. The van der Waals surface area contributed by atoms with Gasteiger partial charge in [-0.05, 0) is 59.9 Å². The molecule has 0 fully saturated rings. The monoisotopic (exact) mass is 601 g/mol. The molecule has 0 amide bonds. The number of H-pyrrole nitrogens is 1. The molecule has 0 unspecified atom stereocenters. The molecule has 7 rings (SSSR count). The first-order valence-electron chi connectivity index (χ1n) is 11.5. The van der Waals surface area contributed by atoms with Crippen LogP contribution in [0.25, 0.3) is 36.7 Å². The molecule has 0 spiro atoms. The van der Waals surface area contributed by atoms with Crippen molar-refractivity contribution in [2.75, 3.05) is 11.1 Å². The van der Waals surface area contributed by atoms with Crippen molar-refractivity contribution >= 4 is 74.9 Å². The Labute approximate surface area is 234 Å². The molecule has 3 N–H and O–H groups in total. The number of carbonyl (C=O) groups is 1. The molecule has 5 heterocycles. The Hall–Kier alpha value is -3.99. The summed E-state index contributed by atoms with van der Waals surface area (Å²) < 4.78 is 4.62. The maximum atomic E-state index is 10.9. The van der Waals surface area contributed by atoms with Crippen LogP contribution in [0.4, 0.5) is 5.13 Å². The number of nitrogens with zero attached hydrogens (tertiary/aromatic N) is 4. The number of ketones is 1. The number of rotatable bonds is 3. The van der Waals surface area contributed by atoms with E-state index < -0.39 is 0 Å². The summed E-state index contributed by atoms with van der Waals surface area (Å²) in [5.74, 6) is 0.0856. The highest BCUT2D eigenvalue weighted by atomic mass is 79.9. The van der Waals surface area contributed by atoms with Gasteiger partial charge in [-0.15, -0.1) is 0 Å². The van der Waals surface area contributed by atoms with E-state index in [9.17, 15) is 4.79 Å². The van der Waals surface area contributed by atoms with E-state index in [1.807, 2.05) is 36.4 Å². The molecule has 5 aromatic heterocycles. The molecule has 38 heavy (non-hydrogen) atoms. The fourth-order valence-electron chi connectivity index (χ4n) is 3.66. The van der Waals surface area contributed by atoms with Crippen molar-refractivity contribution in [1.29, 1.82) is 0 Å².